The molecule has 0 spiro atoms. The molecule has 0 amide bonds. The first-order chi connectivity index (χ1) is 12.1. The lowest BCUT2D eigenvalue weighted by Crippen LogP contribution is -2.02. The van der Waals surface area contributed by atoms with Gasteiger partial charge >= 0.3 is 0 Å². The van der Waals surface area contributed by atoms with Crippen LogP contribution in [0.5, 0.6) is 0 Å². The minimum atomic E-state index is 0.501. The zero-order valence-electron chi connectivity index (χ0n) is 15.8. The smallest absolute Gasteiger partial charge is 0.126 e. The largest absolute Gasteiger partial charge is 0.493 e. The quantitative estimate of drug-likeness (QED) is 0.434. The molecule has 1 nitrogen and oxygen atoms in total. The molecular formula is C24H30O. The fraction of sp³-hybridized carbons (Fsp3) is 0.417. The minimum Gasteiger partial charge on any atom is -0.493 e. The van der Waals surface area contributed by atoms with E-state index in [1.807, 2.05) is 36.4 Å². The molecule has 1 atom stereocenters. The van der Waals surface area contributed by atoms with Crippen LogP contribution in [-0.2, 0) is 4.74 Å². The van der Waals surface area contributed by atoms with E-state index in [1.54, 1.807) is 0 Å². The van der Waals surface area contributed by atoms with Gasteiger partial charge in [-0.3, -0.25) is 0 Å². The summed E-state index contributed by atoms with van der Waals surface area (Å²) in [6.45, 7) is 13.7. The Labute approximate surface area is 153 Å². The molecule has 0 saturated carbocycles. The van der Waals surface area contributed by atoms with Crippen LogP contribution in [0.25, 0.3) is 16.9 Å². The van der Waals surface area contributed by atoms with Gasteiger partial charge in [0.05, 0.1) is 6.61 Å². The van der Waals surface area contributed by atoms with Gasteiger partial charge in [-0.25, -0.2) is 0 Å². The molecule has 0 aliphatic heterocycles. The normalized spacial score (nSPS) is 12.2. The summed E-state index contributed by atoms with van der Waals surface area (Å²) in [5.74, 6) is 1.97. The molecule has 0 N–H and O–H groups in total. The van der Waals surface area contributed by atoms with Crippen molar-refractivity contribution in [2.75, 3.05) is 6.61 Å². The fourth-order valence-electron chi connectivity index (χ4n) is 2.88. The van der Waals surface area contributed by atoms with Gasteiger partial charge in [0, 0.05) is 5.56 Å². The number of hydrogen-bond acceptors (Lipinski definition) is 1. The maximum absolute atomic E-state index is 6.15. The first-order valence-electron chi connectivity index (χ1n) is 9.39. The van der Waals surface area contributed by atoms with Crippen LogP contribution < -0.4 is 0 Å². The summed E-state index contributed by atoms with van der Waals surface area (Å²) in [4.78, 5) is 0. The molecule has 2 aromatic rings. The maximum Gasteiger partial charge on any atom is 0.126 e. The van der Waals surface area contributed by atoms with Gasteiger partial charge in [0.25, 0.3) is 0 Å². The standard InChI is InChI=1S/C24H30O/c1-19(2)10-8-11-20(3)16-17-25-21(4)23-14-9-15-24(18-23)22-12-6-5-7-13-22/h4-7,9,12-14,18-20H,8,10-11,16-17H2,1-3H3. The monoisotopic (exact) mass is 334 g/mol. The molecule has 1 unspecified atom stereocenters. The van der Waals surface area contributed by atoms with Crippen molar-refractivity contribution < 1.29 is 4.74 Å². The van der Waals surface area contributed by atoms with Gasteiger partial charge < -0.3 is 4.74 Å². The predicted molar refractivity (Wildman–Crippen MR) is 107 cm³/mol. The van der Waals surface area contributed by atoms with Crippen molar-refractivity contribution in [3.05, 3.63) is 66.7 Å². The first-order valence-corrected chi connectivity index (χ1v) is 9.39. The lowest BCUT2D eigenvalue weighted by molar-refractivity contribution is 0.243. The summed E-state index contributed by atoms with van der Waals surface area (Å²) in [6.07, 6.45) is 4.92. The molecule has 2 rings (SSSR count). The molecule has 0 aliphatic carbocycles. The lowest BCUT2D eigenvalue weighted by Gasteiger charge is -2.14. The second kappa shape index (κ2) is 10.1. The summed E-state index contributed by atoms with van der Waals surface area (Å²) in [5, 5.41) is 0. The van der Waals surface area contributed by atoms with Crippen molar-refractivity contribution in [1.29, 1.82) is 0 Å². The van der Waals surface area contributed by atoms with E-state index in [1.165, 1.54) is 19.3 Å². The van der Waals surface area contributed by atoms with Gasteiger partial charge in [-0.1, -0.05) is 82.5 Å². The SMILES string of the molecule is [CH]=C(OCCC(C)CCCC(C)C)c1cc[c]c(-c2ccccc2)c1. The second-order valence-corrected chi connectivity index (χ2v) is 7.29. The maximum atomic E-state index is 6.15. The zero-order chi connectivity index (χ0) is 18.1. The van der Waals surface area contributed by atoms with E-state index >= 15 is 0 Å². The van der Waals surface area contributed by atoms with Gasteiger partial charge in [-0.05, 0) is 48.1 Å². The fourth-order valence-corrected chi connectivity index (χ4v) is 2.88. The van der Waals surface area contributed by atoms with E-state index < -0.39 is 0 Å². The van der Waals surface area contributed by atoms with Crippen LogP contribution in [0, 0.1) is 24.5 Å². The molecule has 1 heteroatoms. The predicted octanol–water partition coefficient (Wildman–Crippen LogP) is 6.80. The summed E-state index contributed by atoms with van der Waals surface area (Å²) in [7, 11) is 0. The molecule has 2 aromatic carbocycles. The highest BCUT2D eigenvalue weighted by Gasteiger charge is 2.07. The summed E-state index contributed by atoms with van der Waals surface area (Å²) < 4.78 is 5.80. The number of benzene rings is 2. The highest BCUT2D eigenvalue weighted by atomic mass is 16.5. The Morgan fingerprint density at radius 2 is 1.80 bits per heavy atom. The number of hydrogen-bond donors (Lipinski definition) is 0. The highest BCUT2D eigenvalue weighted by molar-refractivity contribution is 5.68. The van der Waals surface area contributed by atoms with Crippen LogP contribution >= 0.6 is 0 Å². The first kappa shape index (κ1) is 19.3. The van der Waals surface area contributed by atoms with Crippen LogP contribution in [0.1, 0.15) is 52.0 Å². The molecule has 0 saturated heterocycles. The zero-order valence-corrected chi connectivity index (χ0v) is 15.8. The van der Waals surface area contributed by atoms with Crippen LogP contribution in [-0.4, -0.2) is 6.61 Å². The summed E-state index contributed by atoms with van der Waals surface area (Å²) in [5.41, 5.74) is 3.09. The van der Waals surface area contributed by atoms with E-state index in [2.05, 4.69) is 39.0 Å². The van der Waals surface area contributed by atoms with Crippen molar-refractivity contribution in [2.24, 2.45) is 11.8 Å². The van der Waals surface area contributed by atoms with E-state index in [4.69, 9.17) is 11.3 Å². The van der Waals surface area contributed by atoms with E-state index in [-0.39, 0.29) is 0 Å². The number of rotatable bonds is 10. The Hall–Kier alpha value is -2.02. The second-order valence-electron chi connectivity index (χ2n) is 7.29. The van der Waals surface area contributed by atoms with Crippen molar-refractivity contribution in [3.63, 3.8) is 0 Å². The summed E-state index contributed by atoms with van der Waals surface area (Å²) >= 11 is 0. The van der Waals surface area contributed by atoms with Crippen molar-refractivity contribution in [1.82, 2.24) is 0 Å². The van der Waals surface area contributed by atoms with Gasteiger partial charge in [0.2, 0.25) is 0 Å². The van der Waals surface area contributed by atoms with E-state index in [9.17, 15) is 0 Å². The van der Waals surface area contributed by atoms with Gasteiger partial charge in [0.1, 0.15) is 5.76 Å². The lowest BCUT2D eigenvalue weighted by atomic mass is 9.98. The minimum absolute atomic E-state index is 0.501. The van der Waals surface area contributed by atoms with Crippen LogP contribution in [0.4, 0.5) is 0 Å². The molecule has 0 heterocycles. The Kier molecular flexibility index (Phi) is 7.78. The van der Waals surface area contributed by atoms with Crippen LogP contribution in [0.15, 0.2) is 48.5 Å². The number of ether oxygens (including phenoxy) is 1. The van der Waals surface area contributed by atoms with Gasteiger partial charge in [0.15, 0.2) is 0 Å². The van der Waals surface area contributed by atoms with Crippen molar-refractivity contribution >= 4 is 5.76 Å². The van der Waals surface area contributed by atoms with Crippen molar-refractivity contribution in [2.45, 2.75) is 46.5 Å². The van der Waals surface area contributed by atoms with Gasteiger partial charge in [-0.2, -0.15) is 0 Å². The topological polar surface area (TPSA) is 9.23 Å². The van der Waals surface area contributed by atoms with Crippen LogP contribution in [0.3, 0.4) is 0 Å². The average Bonchev–Trinajstić information content (AvgIpc) is 2.62. The molecular weight excluding hydrogens is 304 g/mol. The van der Waals surface area contributed by atoms with E-state index in [0.29, 0.717) is 18.3 Å². The Morgan fingerprint density at radius 1 is 1.04 bits per heavy atom. The Morgan fingerprint density at radius 3 is 2.52 bits per heavy atom. The molecule has 0 bridgehead atoms. The molecule has 0 fully saturated rings. The summed E-state index contributed by atoms with van der Waals surface area (Å²) in [6, 6.07) is 19.4. The molecule has 2 radical (unpaired) electrons. The molecule has 132 valence electrons. The van der Waals surface area contributed by atoms with Crippen LogP contribution in [0.2, 0.25) is 0 Å². The molecule has 0 aromatic heterocycles. The molecule has 0 aliphatic rings. The van der Waals surface area contributed by atoms with Gasteiger partial charge in [-0.15, -0.1) is 0 Å². The molecule has 25 heavy (non-hydrogen) atoms. The van der Waals surface area contributed by atoms with E-state index in [0.717, 1.165) is 29.0 Å². The highest BCUT2D eigenvalue weighted by Crippen LogP contribution is 2.23. The third-order valence-electron chi connectivity index (χ3n) is 4.52. The Balaban J connectivity index is 1.81. The third kappa shape index (κ3) is 6.78. The third-order valence-corrected chi connectivity index (χ3v) is 4.52. The average molecular weight is 335 g/mol. The van der Waals surface area contributed by atoms with Crippen molar-refractivity contribution in [3.8, 4) is 11.1 Å². The Bertz CT molecular complexity index is 642.